The van der Waals surface area contributed by atoms with E-state index in [2.05, 4.69) is 15.6 Å². The summed E-state index contributed by atoms with van der Waals surface area (Å²) in [5.74, 6) is 4.93. The van der Waals surface area contributed by atoms with Gasteiger partial charge in [-0.05, 0) is 19.4 Å². The number of carbonyl (C=O) groups excluding carboxylic acids is 2. The van der Waals surface area contributed by atoms with E-state index in [-0.39, 0.29) is 17.9 Å². The van der Waals surface area contributed by atoms with Gasteiger partial charge in [-0.15, -0.1) is 0 Å². The quantitative estimate of drug-likeness (QED) is 0.319. The van der Waals surface area contributed by atoms with Crippen molar-refractivity contribution >= 4 is 11.8 Å². The molecule has 1 saturated heterocycles. The molecule has 0 aromatic heterocycles. The number of hydrogen-bond donors (Lipinski definition) is 3. The third kappa shape index (κ3) is 3.46. The number of rotatable bonds is 5. The molecule has 0 radical (unpaired) electrons. The lowest BCUT2D eigenvalue weighted by Gasteiger charge is -2.34. The van der Waals surface area contributed by atoms with Gasteiger partial charge in [0.15, 0.2) is 0 Å². The van der Waals surface area contributed by atoms with Crippen molar-refractivity contribution in [2.45, 2.75) is 32.2 Å². The van der Waals surface area contributed by atoms with E-state index in [0.29, 0.717) is 13.0 Å². The number of nitrogens with two attached hydrogens (primary N) is 1. The Bertz CT molecular complexity index is 257. The van der Waals surface area contributed by atoms with Crippen LogP contribution in [0.5, 0.6) is 0 Å². The number of carbonyl (C=O) groups is 2. The van der Waals surface area contributed by atoms with Crippen molar-refractivity contribution in [2.24, 2.45) is 5.84 Å². The van der Waals surface area contributed by atoms with Gasteiger partial charge in [0.05, 0.1) is 6.04 Å². The predicted molar refractivity (Wildman–Crippen MR) is 60.2 cm³/mol. The molecule has 1 rings (SSSR count). The van der Waals surface area contributed by atoms with Crippen LogP contribution in [0.1, 0.15) is 26.2 Å². The Morgan fingerprint density at radius 1 is 1.69 bits per heavy atom. The Labute approximate surface area is 95.5 Å². The van der Waals surface area contributed by atoms with Crippen LogP contribution in [-0.4, -0.2) is 42.4 Å². The minimum atomic E-state index is -0.158. The molecule has 6 heteroatoms. The van der Waals surface area contributed by atoms with Crippen LogP contribution in [-0.2, 0) is 9.59 Å². The van der Waals surface area contributed by atoms with Gasteiger partial charge in [-0.1, -0.05) is 6.92 Å². The van der Waals surface area contributed by atoms with Gasteiger partial charge in [-0.25, -0.2) is 5.84 Å². The molecule has 16 heavy (non-hydrogen) atoms. The third-order valence-electron chi connectivity index (χ3n) is 2.84. The second kappa shape index (κ2) is 6.44. The first-order valence-electron chi connectivity index (χ1n) is 5.70. The van der Waals surface area contributed by atoms with Crippen LogP contribution in [0.3, 0.4) is 0 Å². The molecule has 1 aliphatic rings. The zero-order valence-corrected chi connectivity index (χ0v) is 9.66. The third-order valence-corrected chi connectivity index (χ3v) is 2.84. The molecule has 6 nitrogen and oxygen atoms in total. The molecule has 1 fully saturated rings. The van der Waals surface area contributed by atoms with Crippen LogP contribution in [0, 0.1) is 0 Å². The first-order chi connectivity index (χ1) is 7.69. The van der Waals surface area contributed by atoms with Crippen molar-refractivity contribution in [3.63, 3.8) is 0 Å². The molecule has 0 aromatic rings. The Balaban J connectivity index is 2.34. The maximum atomic E-state index is 11.5. The molecule has 0 aliphatic carbocycles. The Morgan fingerprint density at radius 2 is 2.44 bits per heavy atom. The fraction of sp³-hybridized carbons (Fsp3) is 0.800. The summed E-state index contributed by atoms with van der Waals surface area (Å²) in [6.07, 6.45) is 1.94. The molecule has 1 atom stereocenters. The summed E-state index contributed by atoms with van der Waals surface area (Å²) in [5, 5.41) is 2.84. The maximum Gasteiger partial charge on any atom is 0.237 e. The predicted octanol–water partition coefficient (Wildman–Crippen LogP) is -1.03. The highest BCUT2D eigenvalue weighted by Crippen LogP contribution is 2.09. The fourth-order valence-electron chi connectivity index (χ4n) is 1.99. The largest absolute Gasteiger partial charge is 0.353 e. The minimum absolute atomic E-state index is 0.0466. The molecule has 0 bridgehead atoms. The number of hydrogen-bond acceptors (Lipinski definition) is 4. The van der Waals surface area contributed by atoms with E-state index in [4.69, 9.17) is 5.84 Å². The lowest BCUT2D eigenvalue weighted by atomic mass is 10.1. The molecular formula is C10H20N4O2. The molecule has 1 aliphatic heterocycles. The van der Waals surface area contributed by atoms with E-state index in [9.17, 15) is 9.59 Å². The summed E-state index contributed by atoms with van der Waals surface area (Å²) in [5.41, 5.74) is 2.10. The number of piperazine rings is 1. The molecule has 1 unspecified atom stereocenters. The maximum absolute atomic E-state index is 11.5. The van der Waals surface area contributed by atoms with E-state index < -0.39 is 0 Å². The van der Waals surface area contributed by atoms with Gasteiger partial charge in [0, 0.05) is 19.5 Å². The molecule has 0 aromatic carbocycles. The molecule has 2 amide bonds. The van der Waals surface area contributed by atoms with Crippen LogP contribution in [0.25, 0.3) is 0 Å². The van der Waals surface area contributed by atoms with Gasteiger partial charge in [0.1, 0.15) is 0 Å². The number of nitrogens with zero attached hydrogens (tertiary/aromatic N) is 1. The normalized spacial score (nSPS) is 21.6. The first kappa shape index (κ1) is 12.9. The van der Waals surface area contributed by atoms with Gasteiger partial charge in [-0.2, -0.15) is 0 Å². The highest BCUT2D eigenvalue weighted by molar-refractivity contribution is 5.82. The number of nitrogens with one attached hydrogen (secondary N) is 2. The molecule has 4 N–H and O–H groups in total. The van der Waals surface area contributed by atoms with Crippen LogP contribution >= 0.6 is 0 Å². The standard InChI is InChI=1S/C10H20N4O2/c1-2-8-10(16)12-5-7-14(8)6-3-4-9(15)13-11/h8H,2-7,11H2,1H3,(H,12,16)(H,13,15). The monoisotopic (exact) mass is 228 g/mol. The summed E-state index contributed by atoms with van der Waals surface area (Å²) in [7, 11) is 0. The highest BCUT2D eigenvalue weighted by Gasteiger charge is 2.27. The Kier molecular flexibility index (Phi) is 5.21. The lowest BCUT2D eigenvalue weighted by molar-refractivity contribution is -0.129. The lowest BCUT2D eigenvalue weighted by Crippen LogP contribution is -2.55. The molecule has 0 spiro atoms. The fourth-order valence-corrected chi connectivity index (χ4v) is 1.99. The van der Waals surface area contributed by atoms with Crippen molar-refractivity contribution in [1.29, 1.82) is 0 Å². The smallest absolute Gasteiger partial charge is 0.237 e. The zero-order chi connectivity index (χ0) is 12.0. The van der Waals surface area contributed by atoms with Crippen LogP contribution in [0.15, 0.2) is 0 Å². The molecule has 1 heterocycles. The van der Waals surface area contributed by atoms with Crippen LogP contribution in [0.4, 0.5) is 0 Å². The second-order valence-corrected chi connectivity index (χ2v) is 3.92. The van der Waals surface area contributed by atoms with Gasteiger partial charge in [-0.3, -0.25) is 19.9 Å². The number of amides is 2. The topological polar surface area (TPSA) is 87.5 Å². The summed E-state index contributed by atoms with van der Waals surface area (Å²) >= 11 is 0. The average molecular weight is 228 g/mol. The summed E-state index contributed by atoms with van der Waals surface area (Å²) in [4.78, 5) is 24.6. The summed E-state index contributed by atoms with van der Waals surface area (Å²) < 4.78 is 0. The van der Waals surface area contributed by atoms with Crippen LogP contribution in [0.2, 0.25) is 0 Å². The Hall–Kier alpha value is -1.14. The van der Waals surface area contributed by atoms with Crippen molar-refractivity contribution in [2.75, 3.05) is 19.6 Å². The van der Waals surface area contributed by atoms with Crippen LogP contribution < -0.4 is 16.6 Å². The zero-order valence-electron chi connectivity index (χ0n) is 9.66. The van der Waals surface area contributed by atoms with Gasteiger partial charge >= 0.3 is 0 Å². The van der Waals surface area contributed by atoms with Crippen molar-refractivity contribution < 1.29 is 9.59 Å². The highest BCUT2D eigenvalue weighted by atomic mass is 16.2. The Morgan fingerprint density at radius 3 is 3.06 bits per heavy atom. The van der Waals surface area contributed by atoms with E-state index in [0.717, 1.165) is 25.9 Å². The summed E-state index contributed by atoms with van der Waals surface area (Å²) in [6.45, 7) is 4.31. The van der Waals surface area contributed by atoms with Gasteiger partial charge in [0.2, 0.25) is 11.8 Å². The van der Waals surface area contributed by atoms with Crippen molar-refractivity contribution in [3.05, 3.63) is 0 Å². The number of hydrazine groups is 1. The molecule has 0 saturated carbocycles. The van der Waals surface area contributed by atoms with Gasteiger partial charge < -0.3 is 5.32 Å². The van der Waals surface area contributed by atoms with E-state index in [1.807, 2.05) is 6.92 Å². The molecule has 92 valence electrons. The van der Waals surface area contributed by atoms with E-state index >= 15 is 0 Å². The minimum Gasteiger partial charge on any atom is -0.353 e. The van der Waals surface area contributed by atoms with E-state index in [1.54, 1.807) is 0 Å². The second-order valence-electron chi connectivity index (χ2n) is 3.92. The SMILES string of the molecule is CCC1C(=O)NCCN1CCCC(=O)NN. The van der Waals surface area contributed by atoms with Crippen molar-refractivity contribution in [1.82, 2.24) is 15.6 Å². The summed E-state index contributed by atoms with van der Waals surface area (Å²) in [6, 6.07) is -0.0466. The van der Waals surface area contributed by atoms with Crippen molar-refractivity contribution in [3.8, 4) is 0 Å². The molecular weight excluding hydrogens is 208 g/mol. The van der Waals surface area contributed by atoms with Gasteiger partial charge in [0.25, 0.3) is 0 Å². The first-order valence-corrected chi connectivity index (χ1v) is 5.70. The average Bonchev–Trinajstić information content (AvgIpc) is 2.29. The van der Waals surface area contributed by atoms with E-state index in [1.165, 1.54) is 0 Å².